The number of nitrogens with zero attached hydrogens (tertiary/aromatic N) is 2. The third kappa shape index (κ3) is 6.86. The van der Waals surface area contributed by atoms with Crippen molar-refractivity contribution in [3.05, 3.63) is 28.2 Å². The maximum Gasteiger partial charge on any atom is 0.305 e. The smallest absolute Gasteiger partial charge is 0.305 e. The van der Waals surface area contributed by atoms with E-state index in [4.69, 9.17) is 5.11 Å². The highest BCUT2D eigenvalue weighted by atomic mass is 16.4. The molecule has 0 bridgehead atoms. The number of aromatic nitrogens is 1. The second kappa shape index (κ2) is 8.72. The molecule has 0 aromatic carbocycles. The number of aliphatic carboxylic acids is 1. The lowest BCUT2D eigenvalue weighted by atomic mass is 10.1. The van der Waals surface area contributed by atoms with Crippen LogP contribution >= 0.6 is 0 Å². The minimum absolute atomic E-state index is 0.0519. The topological polar surface area (TPSA) is 82.8 Å². The molecule has 130 valence electrons. The van der Waals surface area contributed by atoms with Gasteiger partial charge in [0.1, 0.15) is 0 Å². The Morgan fingerprint density at radius 1 is 1.22 bits per heavy atom. The molecule has 0 unspecified atom stereocenters. The Morgan fingerprint density at radius 3 is 2.26 bits per heavy atom. The first-order chi connectivity index (χ1) is 10.7. The van der Waals surface area contributed by atoms with Crippen LogP contribution in [0.5, 0.6) is 5.75 Å². The zero-order chi connectivity index (χ0) is 17.6. The molecular formula is C17H28N2O4. The fraction of sp³-hybridized carbons (Fsp3) is 0.647. The van der Waals surface area contributed by atoms with Crippen LogP contribution < -0.4 is 5.43 Å². The first kappa shape index (κ1) is 19.2. The fourth-order valence-corrected chi connectivity index (χ4v) is 2.63. The molecule has 0 amide bonds. The number of hydrogen-bond acceptors (Lipinski definition) is 4. The minimum atomic E-state index is -0.907. The Hall–Kier alpha value is -1.82. The van der Waals surface area contributed by atoms with Gasteiger partial charge in [-0.25, -0.2) is 0 Å². The number of pyridine rings is 1. The molecule has 0 spiro atoms. The summed E-state index contributed by atoms with van der Waals surface area (Å²) in [6, 6.07) is 1.41. The SMILES string of the molecule is CC(C)CN(Cc1cc(=O)c(O)cn1CCC(=O)O)CC(C)C. The lowest BCUT2D eigenvalue weighted by Crippen LogP contribution is -2.32. The van der Waals surface area contributed by atoms with Gasteiger partial charge in [-0.1, -0.05) is 27.7 Å². The summed E-state index contributed by atoms with van der Waals surface area (Å²) in [5, 5.41) is 18.5. The summed E-state index contributed by atoms with van der Waals surface area (Å²) in [6.07, 6.45) is 1.28. The van der Waals surface area contributed by atoms with E-state index >= 15 is 0 Å². The molecule has 23 heavy (non-hydrogen) atoms. The van der Waals surface area contributed by atoms with E-state index in [0.29, 0.717) is 18.4 Å². The van der Waals surface area contributed by atoms with Crippen LogP contribution in [0.4, 0.5) is 0 Å². The summed E-state index contributed by atoms with van der Waals surface area (Å²) in [5.74, 6) is -0.274. The van der Waals surface area contributed by atoms with Crippen molar-refractivity contribution in [2.45, 2.75) is 47.2 Å². The first-order valence-corrected chi connectivity index (χ1v) is 8.05. The normalized spacial score (nSPS) is 11.6. The van der Waals surface area contributed by atoms with E-state index in [1.807, 2.05) is 0 Å². The van der Waals surface area contributed by atoms with Gasteiger partial charge in [0.15, 0.2) is 5.75 Å². The van der Waals surface area contributed by atoms with E-state index in [0.717, 1.165) is 18.8 Å². The molecule has 1 heterocycles. The highest BCUT2D eigenvalue weighted by molar-refractivity contribution is 5.66. The quantitative estimate of drug-likeness (QED) is 0.727. The van der Waals surface area contributed by atoms with E-state index in [1.165, 1.54) is 12.3 Å². The molecule has 0 atom stereocenters. The lowest BCUT2D eigenvalue weighted by Gasteiger charge is -2.27. The van der Waals surface area contributed by atoms with Crippen LogP contribution in [0.1, 0.15) is 39.8 Å². The number of aromatic hydroxyl groups is 1. The number of rotatable bonds is 9. The van der Waals surface area contributed by atoms with Crippen molar-refractivity contribution in [2.24, 2.45) is 11.8 Å². The molecule has 0 saturated carbocycles. The molecule has 0 fully saturated rings. The van der Waals surface area contributed by atoms with E-state index in [2.05, 4.69) is 32.6 Å². The van der Waals surface area contributed by atoms with Gasteiger partial charge in [-0.05, 0) is 11.8 Å². The number of aryl methyl sites for hydroxylation is 1. The molecule has 0 aliphatic carbocycles. The molecule has 0 aliphatic rings. The van der Waals surface area contributed by atoms with Gasteiger partial charge in [-0.3, -0.25) is 14.5 Å². The van der Waals surface area contributed by atoms with Gasteiger partial charge < -0.3 is 14.8 Å². The molecule has 6 nitrogen and oxygen atoms in total. The van der Waals surface area contributed by atoms with Crippen LogP contribution in [0.25, 0.3) is 0 Å². The van der Waals surface area contributed by atoms with Gasteiger partial charge in [-0.15, -0.1) is 0 Å². The third-order valence-electron chi connectivity index (χ3n) is 3.40. The van der Waals surface area contributed by atoms with Crippen LogP contribution in [0.15, 0.2) is 17.1 Å². The van der Waals surface area contributed by atoms with Crippen molar-refractivity contribution in [3.8, 4) is 5.75 Å². The number of carbonyl (C=O) groups is 1. The second-order valence-corrected chi connectivity index (χ2v) is 6.83. The molecule has 1 aromatic heterocycles. The average molecular weight is 324 g/mol. The highest BCUT2D eigenvalue weighted by Gasteiger charge is 2.14. The largest absolute Gasteiger partial charge is 0.503 e. The van der Waals surface area contributed by atoms with E-state index < -0.39 is 11.4 Å². The van der Waals surface area contributed by atoms with Crippen molar-refractivity contribution in [1.29, 1.82) is 0 Å². The van der Waals surface area contributed by atoms with E-state index in [-0.39, 0.29) is 18.7 Å². The summed E-state index contributed by atoms with van der Waals surface area (Å²) < 4.78 is 1.67. The molecule has 0 saturated heterocycles. The maximum atomic E-state index is 11.8. The number of carboxylic acid groups (broad SMARTS) is 1. The Bertz CT molecular complexity index is 568. The first-order valence-electron chi connectivity index (χ1n) is 8.05. The van der Waals surface area contributed by atoms with Gasteiger partial charge in [0.25, 0.3) is 0 Å². The second-order valence-electron chi connectivity index (χ2n) is 6.83. The van der Waals surface area contributed by atoms with Crippen LogP contribution in [0.3, 0.4) is 0 Å². The predicted molar refractivity (Wildman–Crippen MR) is 89.6 cm³/mol. The standard InChI is InChI=1S/C17H28N2O4/c1-12(2)8-18(9-13(3)4)10-14-7-15(20)16(21)11-19(14)6-5-17(22)23/h7,11-13,21H,5-6,8-10H2,1-4H3,(H,22,23). The molecule has 1 rings (SSSR count). The van der Waals surface area contributed by atoms with E-state index in [1.54, 1.807) is 4.57 Å². The summed E-state index contributed by atoms with van der Waals surface area (Å²) in [7, 11) is 0. The lowest BCUT2D eigenvalue weighted by molar-refractivity contribution is -0.137. The van der Waals surface area contributed by atoms with Crippen LogP contribution in [-0.2, 0) is 17.9 Å². The highest BCUT2D eigenvalue weighted by Crippen LogP contribution is 2.12. The molecular weight excluding hydrogens is 296 g/mol. The Morgan fingerprint density at radius 2 is 1.78 bits per heavy atom. The summed E-state index contributed by atoms with van der Waals surface area (Å²) in [6.45, 7) is 11.1. The van der Waals surface area contributed by atoms with Crippen molar-refractivity contribution in [3.63, 3.8) is 0 Å². The molecule has 2 N–H and O–H groups in total. The van der Waals surface area contributed by atoms with Crippen molar-refractivity contribution >= 4 is 5.97 Å². The molecule has 1 aromatic rings. The Balaban J connectivity index is 3.03. The maximum absolute atomic E-state index is 11.8. The van der Waals surface area contributed by atoms with E-state index in [9.17, 15) is 14.7 Å². The van der Waals surface area contributed by atoms with Crippen LogP contribution in [0, 0.1) is 11.8 Å². The summed E-state index contributed by atoms with van der Waals surface area (Å²) in [4.78, 5) is 24.8. The summed E-state index contributed by atoms with van der Waals surface area (Å²) in [5.41, 5.74) is 0.302. The number of carboxylic acids is 1. The van der Waals surface area contributed by atoms with Gasteiger partial charge in [0, 0.05) is 37.9 Å². The molecule has 0 aliphatic heterocycles. The van der Waals surface area contributed by atoms with Crippen LogP contribution in [0.2, 0.25) is 0 Å². The third-order valence-corrected chi connectivity index (χ3v) is 3.40. The zero-order valence-electron chi connectivity index (χ0n) is 14.5. The Labute approximate surface area is 137 Å². The Kier molecular flexibility index (Phi) is 7.29. The minimum Gasteiger partial charge on any atom is -0.503 e. The number of hydrogen-bond donors (Lipinski definition) is 2. The predicted octanol–water partition coefficient (Wildman–Crippen LogP) is 2.14. The zero-order valence-corrected chi connectivity index (χ0v) is 14.5. The van der Waals surface area contributed by atoms with Crippen molar-refractivity contribution in [1.82, 2.24) is 9.47 Å². The van der Waals surface area contributed by atoms with Crippen molar-refractivity contribution < 1.29 is 15.0 Å². The fourth-order valence-electron chi connectivity index (χ4n) is 2.63. The van der Waals surface area contributed by atoms with Gasteiger partial charge in [-0.2, -0.15) is 0 Å². The van der Waals surface area contributed by atoms with Gasteiger partial charge in [0.05, 0.1) is 12.6 Å². The van der Waals surface area contributed by atoms with Crippen molar-refractivity contribution in [2.75, 3.05) is 13.1 Å². The summed E-state index contributed by atoms with van der Waals surface area (Å²) >= 11 is 0. The molecule has 6 heteroatoms. The van der Waals surface area contributed by atoms with Gasteiger partial charge >= 0.3 is 5.97 Å². The molecule has 0 radical (unpaired) electrons. The average Bonchev–Trinajstić information content (AvgIpc) is 2.39. The monoisotopic (exact) mass is 324 g/mol. The van der Waals surface area contributed by atoms with Crippen LogP contribution in [-0.4, -0.2) is 38.7 Å². The van der Waals surface area contributed by atoms with Gasteiger partial charge in [0.2, 0.25) is 5.43 Å².